The maximum absolute atomic E-state index is 12.8. The summed E-state index contributed by atoms with van der Waals surface area (Å²) in [5.74, 6) is 1.03. The molecule has 0 bridgehead atoms. The van der Waals surface area contributed by atoms with Crippen molar-refractivity contribution in [3.05, 3.63) is 0 Å². The Morgan fingerprint density at radius 3 is 2.45 bits per heavy atom. The Morgan fingerprint density at radius 2 is 1.95 bits per heavy atom. The Labute approximate surface area is 124 Å². The van der Waals surface area contributed by atoms with Gasteiger partial charge in [-0.25, -0.2) is 0 Å². The molecule has 3 heteroatoms. The van der Waals surface area contributed by atoms with Crippen LogP contribution in [-0.4, -0.2) is 28.6 Å². The van der Waals surface area contributed by atoms with E-state index in [0.717, 1.165) is 25.7 Å². The van der Waals surface area contributed by atoms with Crippen molar-refractivity contribution in [3.63, 3.8) is 0 Å². The Bertz CT molecular complexity index is 336. The van der Waals surface area contributed by atoms with Gasteiger partial charge in [0.05, 0.1) is 11.7 Å². The van der Waals surface area contributed by atoms with Gasteiger partial charge in [0, 0.05) is 6.04 Å². The molecule has 1 spiro atoms. The van der Waals surface area contributed by atoms with Crippen LogP contribution in [0, 0.1) is 5.92 Å². The van der Waals surface area contributed by atoms with Crippen LogP contribution in [0.2, 0.25) is 0 Å². The monoisotopic (exact) mass is 280 g/mol. The Morgan fingerprint density at radius 1 is 1.25 bits per heavy atom. The molecule has 2 atom stereocenters. The van der Waals surface area contributed by atoms with Crippen LogP contribution in [0.25, 0.3) is 0 Å². The van der Waals surface area contributed by atoms with E-state index in [1.807, 2.05) is 0 Å². The van der Waals surface area contributed by atoms with E-state index in [9.17, 15) is 4.79 Å². The van der Waals surface area contributed by atoms with E-state index >= 15 is 0 Å². The van der Waals surface area contributed by atoms with Crippen LogP contribution in [0.5, 0.6) is 0 Å². The van der Waals surface area contributed by atoms with E-state index in [2.05, 4.69) is 37.9 Å². The van der Waals surface area contributed by atoms with Crippen LogP contribution in [0.15, 0.2) is 0 Å². The fourth-order valence-corrected chi connectivity index (χ4v) is 3.56. The number of unbranched alkanes of at least 4 members (excludes halogenated alkanes) is 1. The molecule has 1 heterocycles. The SMILES string of the molecule is CCCCC(CCC)N1C(=O)C2(CC2)NC1CC(C)C. The number of hydrogen-bond acceptors (Lipinski definition) is 2. The standard InChI is InChI=1S/C17H32N2O/c1-5-7-9-14(8-6-2)19-15(12-13(3)4)18-17(10-11-17)16(19)20/h13-15,18H,5-12H2,1-4H3. The lowest BCUT2D eigenvalue weighted by molar-refractivity contribution is -0.133. The van der Waals surface area contributed by atoms with Crippen molar-refractivity contribution in [1.29, 1.82) is 0 Å². The van der Waals surface area contributed by atoms with Crippen molar-refractivity contribution in [1.82, 2.24) is 10.2 Å². The average molecular weight is 280 g/mol. The Kier molecular flexibility index (Phi) is 5.11. The van der Waals surface area contributed by atoms with Crippen molar-refractivity contribution >= 4 is 5.91 Å². The zero-order valence-electron chi connectivity index (χ0n) is 13.7. The molecule has 0 radical (unpaired) electrons. The molecule has 0 aromatic heterocycles. The van der Waals surface area contributed by atoms with Gasteiger partial charge in [-0.3, -0.25) is 10.1 Å². The van der Waals surface area contributed by atoms with Crippen LogP contribution in [-0.2, 0) is 4.79 Å². The number of hydrogen-bond donors (Lipinski definition) is 1. The molecule has 0 aromatic carbocycles. The second-order valence-corrected chi connectivity index (χ2v) is 7.17. The molecule has 2 aliphatic rings. The summed E-state index contributed by atoms with van der Waals surface area (Å²) in [5, 5.41) is 3.66. The van der Waals surface area contributed by atoms with Crippen LogP contribution >= 0.6 is 0 Å². The molecule has 1 N–H and O–H groups in total. The second-order valence-electron chi connectivity index (χ2n) is 7.17. The number of carbonyl (C=O) groups is 1. The predicted octanol–water partition coefficient (Wildman–Crippen LogP) is 3.68. The third-order valence-corrected chi connectivity index (χ3v) is 4.77. The van der Waals surface area contributed by atoms with Gasteiger partial charge in [0.25, 0.3) is 0 Å². The van der Waals surface area contributed by atoms with Gasteiger partial charge in [0.2, 0.25) is 5.91 Å². The third kappa shape index (κ3) is 3.19. The van der Waals surface area contributed by atoms with Crippen molar-refractivity contribution in [2.24, 2.45) is 5.92 Å². The molecule has 20 heavy (non-hydrogen) atoms. The fourth-order valence-electron chi connectivity index (χ4n) is 3.56. The van der Waals surface area contributed by atoms with Crippen molar-refractivity contribution < 1.29 is 4.79 Å². The van der Waals surface area contributed by atoms with Gasteiger partial charge in [-0.1, -0.05) is 47.0 Å². The maximum Gasteiger partial charge on any atom is 0.244 e. The molecular weight excluding hydrogens is 248 g/mol. The molecule has 1 amide bonds. The van der Waals surface area contributed by atoms with Gasteiger partial charge in [-0.2, -0.15) is 0 Å². The van der Waals surface area contributed by atoms with E-state index in [1.165, 1.54) is 25.7 Å². The van der Waals surface area contributed by atoms with Gasteiger partial charge >= 0.3 is 0 Å². The highest BCUT2D eigenvalue weighted by atomic mass is 16.2. The van der Waals surface area contributed by atoms with E-state index in [0.29, 0.717) is 17.9 Å². The largest absolute Gasteiger partial charge is 0.323 e. The molecule has 1 aliphatic heterocycles. The first kappa shape index (κ1) is 15.8. The lowest BCUT2D eigenvalue weighted by atomic mass is 10.0. The Hall–Kier alpha value is -0.570. The van der Waals surface area contributed by atoms with Crippen molar-refractivity contribution in [2.45, 2.75) is 96.8 Å². The summed E-state index contributed by atoms with van der Waals surface area (Å²) in [6.45, 7) is 8.98. The van der Waals surface area contributed by atoms with Crippen LogP contribution < -0.4 is 5.32 Å². The van der Waals surface area contributed by atoms with Gasteiger partial charge in [-0.15, -0.1) is 0 Å². The smallest absolute Gasteiger partial charge is 0.244 e. The minimum Gasteiger partial charge on any atom is -0.323 e. The zero-order chi connectivity index (χ0) is 14.8. The van der Waals surface area contributed by atoms with E-state index in [-0.39, 0.29) is 11.7 Å². The van der Waals surface area contributed by atoms with Gasteiger partial charge < -0.3 is 4.90 Å². The first-order valence-corrected chi connectivity index (χ1v) is 8.64. The minimum atomic E-state index is -0.155. The summed E-state index contributed by atoms with van der Waals surface area (Å²) in [7, 11) is 0. The lowest BCUT2D eigenvalue weighted by Crippen LogP contribution is -2.45. The molecule has 1 saturated carbocycles. The number of amides is 1. The number of rotatable bonds is 8. The topological polar surface area (TPSA) is 32.3 Å². The maximum atomic E-state index is 12.8. The average Bonchev–Trinajstić information content (AvgIpc) is 3.10. The molecule has 2 unspecified atom stereocenters. The van der Waals surface area contributed by atoms with Gasteiger partial charge in [0.15, 0.2) is 0 Å². The van der Waals surface area contributed by atoms with E-state index in [4.69, 9.17) is 0 Å². The molecule has 2 rings (SSSR count). The minimum absolute atomic E-state index is 0.155. The summed E-state index contributed by atoms with van der Waals surface area (Å²) in [5.41, 5.74) is -0.155. The van der Waals surface area contributed by atoms with Crippen molar-refractivity contribution in [2.75, 3.05) is 0 Å². The first-order chi connectivity index (χ1) is 9.54. The molecule has 3 nitrogen and oxygen atoms in total. The van der Waals surface area contributed by atoms with Gasteiger partial charge in [-0.05, 0) is 38.0 Å². The fraction of sp³-hybridized carbons (Fsp3) is 0.941. The summed E-state index contributed by atoms with van der Waals surface area (Å²) >= 11 is 0. The highest BCUT2D eigenvalue weighted by molar-refractivity contribution is 5.92. The molecular formula is C17H32N2O. The zero-order valence-corrected chi connectivity index (χ0v) is 13.7. The lowest BCUT2D eigenvalue weighted by Gasteiger charge is -2.33. The highest BCUT2D eigenvalue weighted by Crippen LogP contribution is 2.44. The van der Waals surface area contributed by atoms with Crippen LogP contribution in [0.4, 0.5) is 0 Å². The van der Waals surface area contributed by atoms with Crippen molar-refractivity contribution in [3.8, 4) is 0 Å². The number of nitrogens with one attached hydrogen (secondary N) is 1. The predicted molar refractivity (Wildman–Crippen MR) is 83.4 cm³/mol. The number of carbonyl (C=O) groups excluding carboxylic acids is 1. The second kappa shape index (κ2) is 6.46. The molecule has 1 saturated heterocycles. The molecule has 1 aliphatic carbocycles. The molecule has 116 valence electrons. The molecule has 2 fully saturated rings. The highest BCUT2D eigenvalue weighted by Gasteiger charge is 2.59. The third-order valence-electron chi connectivity index (χ3n) is 4.77. The summed E-state index contributed by atoms with van der Waals surface area (Å²) in [6, 6.07) is 0.448. The first-order valence-electron chi connectivity index (χ1n) is 8.64. The number of nitrogens with zero attached hydrogens (tertiary/aromatic N) is 1. The van der Waals surface area contributed by atoms with E-state index < -0.39 is 0 Å². The molecule has 0 aromatic rings. The Balaban J connectivity index is 2.11. The summed E-state index contributed by atoms with van der Waals surface area (Å²) in [4.78, 5) is 15.1. The quantitative estimate of drug-likeness (QED) is 0.735. The van der Waals surface area contributed by atoms with E-state index in [1.54, 1.807) is 0 Å². The van der Waals surface area contributed by atoms with Crippen LogP contribution in [0.3, 0.4) is 0 Å². The summed E-state index contributed by atoms with van der Waals surface area (Å²) < 4.78 is 0. The summed E-state index contributed by atoms with van der Waals surface area (Å²) in [6.07, 6.45) is 9.39. The van der Waals surface area contributed by atoms with Crippen LogP contribution in [0.1, 0.15) is 79.1 Å². The normalized spacial score (nSPS) is 25.8. The van der Waals surface area contributed by atoms with Gasteiger partial charge in [0.1, 0.15) is 0 Å².